The molecule has 0 spiro atoms. The number of aliphatic hydroxyl groups excluding tert-OH is 1. The summed E-state index contributed by atoms with van der Waals surface area (Å²) in [5, 5.41) is 10.7. The predicted octanol–water partition coefficient (Wildman–Crippen LogP) is 4.07. The number of ether oxygens (including phenoxy) is 2. The highest BCUT2D eigenvalue weighted by atomic mass is 16.5. The molecule has 2 heterocycles. The Morgan fingerprint density at radius 3 is 2.61 bits per heavy atom. The second kappa shape index (κ2) is 8.86. The molecular formula is C23H28N2O3. The summed E-state index contributed by atoms with van der Waals surface area (Å²) < 4.78 is 13.6. The monoisotopic (exact) mass is 380 g/mol. The van der Waals surface area contributed by atoms with Gasteiger partial charge in [0.15, 0.2) is 0 Å². The number of rotatable bonds is 7. The summed E-state index contributed by atoms with van der Waals surface area (Å²) in [5.74, 6) is 1.43. The van der Waals surface area contributed by atoms with E-state index in [2.05, 4.69) is 10.6 Å². The van der Waals surface area contributed by atoms with Gasteiger partial charge in [-0.25, -0.2) is 4.98 Å². The Morgan fingerprint density at radius 1 is 1.11 bits per heavy atom. The molecule has 5 nitrogen and oxygen atoms in total. The summed E-state index contributed by atoms with van der Waals surface area (Å²) >= 11 is 0. The van der Waals surface area contributed by atoms with Crippen molar-refractivity contribution in [2.24, 2.45) is 0 Å². The van der Waals surface area contributed by atoms with Gasteiger partial charge >= 0.3 is 0 Å². The molecule has 0 radical (unpaired) electrons. The van der Waals surface area contributed by atoms with Crippen LogP contribution >= 0.6 is 0 Å². The minimum atomic E-state index is -0.595. The highest BCUT2D eigenvalue weighted by molar-refractivity contribution is 5.76. The fourth-order valence-electron chi connectivity index (χ4n) is 3.89. The van der Waals surface area contributed by atoms with Crippen LogP contribution in [0.15, 0.2) is 54.6 Å². The number of fused-ring (bicyclic) bond motifs is 1. The summed E-state index contributed by atoms with van der Waals surface area (Å²) in [5.41, 5.74) is 3.17. The van der Waals surface area contributed by atoms with E-state index in [9.17, 15) is 5.11 Å². The Morgan fingerprint density at radius 2 is 1.82 bits per heavy atom. The fourth-order valence-corrected chi connectivity index (χ4v) is 3.89. The average molecular weight is 380 g/mol. The van der Waals surface area contributed by atoms with Crippen molar-refractivity contribution in [3.05, 3.63) is 66.0 Å². The van der Waals surface area contributed by atoms with Crippen LogP contribution in [0, 0.1) is 0 Å². The molecule has 0 bridgehead atoms. The molecule has 2 aromatic carbocycles. The van der Waals surface area contributed by atoms with Gasteiger partial charge in [-0.2, -0.15) is 0 Å². The van der Waals surface area contributed by atoms with Crippen molar-refractivity contribution >= 4 is 11.0 Å². The third-order valence-electron chi connectivity index (χ3n) is 5.47. The maximum absolute atomic E-state index is 10.7. The van der Waals surface area contributed by atoms with E-state index < -0.39 is 6.10 Å². The van der Waals surface area contributed by atoms with Crippen molar-refractivity contribution in [2.45, 2.75) is 44.4 Å². The van der Waals surface area contributed by atoms with E-state index in [0.29, 0.717) is 12.5 Å². The molecule has 1 aliphatic rings. The summed E-state index contributed by atoms with van der Waals surface area (Å²) in [4.78, 5) is 4.89. The second-order valence-corrected chi connectivity index (χ2v) is 7.50. The van der Waals surface area contributed by atoms with Crippen molar-refractivity contribution in [3.8, 4) is 0 Å². The molecule has 0 amide bonds. The highest BCUT2D eigenvalue weighted by Crippen LogP contribution is 2.29. The van der Waals surface area contributed by atoms with E-state index in [0.717, 1.165) is 48.5 Å². The van der Waals surface area contributed by atoms with Crippen molar-refractivity contribution < 1.29 is 14.6 Å². The molecule has 28 heavy (non-hydrogen) atoms. The summed E-state index contributed by atoms with van der Waals surface area (Å²) in [6.07, 6.45) is 1.30. The number of hydrogen-bond acceptors (Lipinski definition) is 4. The molecule has 3 aromatic rings. The van der Waals surface area contributed by atoms with Crippen LogP contribution in [0.3, 0.4) is 0 Å². The highest BCUT2D eigenvalue weighted by Gasteiger charge is 2.24. The zero-order valence-electron chi connectivity index (χ0n) is 16.3. The first-order valence-electron chi connectivity index (χ1n) is 10.1. The molecule has 2 unspecified atom stereocenters. The molecule has 1 aliphatic heterocycles. The van der Waals surface area contributed by atoms with Gasteiger partial charge in [-0.15, -0.1) is 0 Å². The minimum absolute atomic E-state index is 0.0506. The molecule has 5 heteroatoms. The Balaban J connectivity index is 1.48. The predicted molar refractivity (Wildman–Crippen MR) is 109 cm³/mol. The number of benzene rings is 2. The molecule has 1 saturated heterocycles. The summed E-state index contributed by atoms with van der Waals surface area (Å²) in [7, 11) is 0. The topological polar surface area (TPSA) is 56.5 Å². The summed E-state index contributed by atoms with van der Waals surface area (Å²) in [6, 6.07) is 18.2. The first-order valence-corrected chi connectivity index (χ1v) is 10.1. The first kappa shape index (κ1) is 19.1. The van der Waals surface area contributed by atoms with Gasteiger partial charge < -0.3 is 19.1 Å². The average Bonchev–Trinajstić information content (AvgIpc) is 3.12. The van der Waals surface area contributed by atoms with E-state index in [1.807, 2.05) is 55.5 Å². The zero-order chi connectivity index (χ0) is 19.3. The van der Waals surface area contributed by atoms with Gasteiger partial charge in [-0.1, -0.05) is 42.5 Å². The number of imidazole rings is 1. The molecule has 2 atom stereocenters. The molecule has 1 N–H and O–H groups in total. The SMILES string of the molecule is CC(OCC(O)Cn1c(C2CCOCC2)nc2ccccc21)c1ccccc1. The van der Waals surface area contributed by atoms with E-state index >= 15 is 0 Å². The maximum atomic E-state index is 10.7. The van der Waals surface area contributed by atoms with Gasteiger partial charge in [0.05, 0.1) is 36.4 Å². The third-order valence-corrected chi connectivity index (χ3v) is 5.47. The second-order valence-electron chi connectivity index (χ2n) is 7.50. The number of aromatic nitrogens is 2. The molecular weight excluding hydrogens is 352 g/mol. The van der Waals surface area contributed by atoms with Crippen molar-refractivity contribution in [3.63, 3.8) is 0 Å². The lowest BCUT2D eigenvalue weighted by Gasteiger charge is -2.24. The van der Waals surface area contributed by atoms with E-state index in [1.165, 1.54) is 0 Å². The lowest BCUT2D eigenvalue weighted by molar-refractivity contribution is -0.00892. The van der Waals surface area contributed by atoms with Crippen LogP contribution in [-0.4, -0.2) is 40.6 Å². The lowest BCUT2D eigenvalue weighted by atomic mass is 9.99. The fraction of sp³-hybridized carbons (Fsp3) is 0.435. The van der Waals surface area contributed by atoms with Gasteiger partial charge in [-0.05, 0) is 37.5 Å². The molecule has 0 aliphatic carbocycles. The van der Waals surface area contributed by atoms with Crippen molar-refractivity contribution in [1.29, 1.82) is 0 Å². The zero-order valence-corrected chi connectivity index (χ0v) is 16.3. The van der Waals surface area contributed by atoms with Crippen LogP contribution in [0.5, 0.6) is 0 Å². The molecule has 4 rings (SSSR count). The van der Waals surface area contributed by atoms with Crippen LogP contribution in [-0.2, 0) is 16.0 Å². The van der Waals surface area contributed by atoms with Crippen LogP contribution in [0.1, 0.15) is 43.2 Å². The summed E-state index contributed by atoms with van der Waals surface area (Å²) in [6.45, 7) is 4.33. The Kier molecular flexibility index (Phi) is 6.05. The number of aliphatic hydroxyl groups is 1. The smallest absolute Gasteiger partial charge is 0.113 e. The molecule has 148 valence electrons. The lowest BCUT2D eigenvalue weighted by Crippen LogP contribution is -2.25. The van der Waals surface area contributed by atoms with Crippen molar-refractivity contribution in [2.75, 3.05) is 19.8 Å². The number of hydrogen-bond donors (Lipinski definition) is 1. The standard InChI is InChI=1S/C23H28N2O3/c1-17(18-7-3-2-4-8-18)28-16-20(26)15-25-22-10-6-5-9-21(22)24-23(25)19-11-13-27-14-12-19/h2-10,17,19-20,26H,11-16H2,1H3. The van der Waals surface area contributed by atoms with Gasteiger partial charge in [0.1, 0.15) is 5.82 Å². The van der Waals surface area contributed by atoms with E-state index in [4.69, 9.17) is 14.5 Å². The van der Waals surface area contributed by atoms with Crippen LogP contribution in [0.25, 0.3) is 11.0 Å². The molecule has 0 saturated carbocycles. The van der Waals surface area contributed by atoms with E-state index in [-0.39, 0.29) is 12.7 Å². The van der Waals surface area contributed by atoms with Crippen molar-refractivity contribution in [1.82, 2.24) is 9.55 Å². The normalized spacial score (nSPS) is 17.6. The minimum Gasteiger partial charge on any atom is -0.389 e. The largest absolute Gasteiger partial charge is 0.389 e. The third kappa shape index (κ3) is 4.27. The van der Waals surface area contributed by atoms with Gasteiger partial charge in [0.25, 0.3) is 0 Å². The van der Waals surface area contributed by atoms with Gasteiger partial charge in [0, 0.05) is 19.1 Å². The quantitative estimate of drug-likeness (QED) is 0.671. The van der Waals surface area contributed by atoms with Crippen LogP contribution in [0.2, 0.25) is 0 Å². The Labute approximate surface area is 165 Å². The maximum Gasteiger partial charge on any atom is 0.113 e. The number of nitrogens with zero attached hydrogens (tertiary/aromatic N) is 2. The number of para-hydroxylation sites is 2. The first-order chi connectivity index (χ1) is 13.7. The van der Waals surface area contributed by atoms with Crippen LogP contribution in [0.4, 0.5) is 0 Å². The van der Waals surface area contributed by atoms with Gasteiger partial charge in [0.2, 0.25) is 0 Å². The van der Waals surface area contributed by atoms with E-state index in [1.54, 1.807) is 0 Å². The van der Waals surface area contributed by atoms with Crippen LogP contribution < -0.4 is 0 Å². The Hall–Kier alpha value is -2.21. The molecule has 1 aromatic heterocycles. The molecule has 1 fully saturated rings. The Bertz CT molecular complexity index is 887. The van der Waals surface area contributed by atoms with Gasteiger partial charge in [-0.3, -0.25) is 0 Å².